The van der Waals surface area contributed by atoms with Gasteiger partial charge in [-0.2, -0.15) is 0 Å². The average Bonchev–Trinajstić information content (AvgIpc) is 2.44. The molecular weight excluding hydrogens is 422 g/mol. The van der Waals surface area contributed by atoms with E-state index in [4.69, 9.17) is 14.6 Å². The van der Waals surface area contributed by atoms with Gasteiger partial charge >= 0.3 is 0 Å². The van der Waals surface area contributed by atoms with E-state index in [0.717, 1.165) is 21.3 Å². The molecule has 3 nitrogen and oxygen atoms in total. The smallest absolute Gasteiger partial charge is 0.192 e. The summed E-state index contributed by atoms with van der Waals surface area (Å²) in [6, 6.07) is 4.14. The van der Waals surface area contributed by atoms with Crippen LogP contribution in [-0.2, 0) is 22.1 Å². The molecule has 0 unspecified atom stereocenters. The van der Waals surface area contributed by atoms with Crippen LogP contribution in [0, 0.1) is 0 Å². The first kappa shape index (κ1) is 23.9. The number of halogens is 1. The zero-order chi connectivity index (χ0) is 20.6. The van der Waals surface area contributed by atoms with Gasteiger partial charge in [-0.15, -0.1) is 0 Å². The van der Waals surface area contributed by atoms with Crippen LogP contribution in [0.3, 0.4) is 0 Å². The minimum atomic E-state index is -1.81. The molecule has 150 valence electrons. The van der Waals surface area contributed by atoms with Crippen molar-refractivity contribution >= 4 is 38.3 Å². The highest BCUT2D eigenvalue weighted by atomic mass is 79.9. The molecule has 0 radical (unpaired) electrons. The molecule has 0 spiro atoms. The lowest BCUT2D eigenvalue weighted by molar-refractivity contribution is 0.272. The van der Waals surface area contributed by atoms with E-state index < -0.39 is 16.6 Å². The van der Waals surface area contributed by atoms with Gasteiger partial charge in [0, 0.05) is 21.3 Å². The van der Waals surface area contributed by atoms with Gasteiger partial charge in [-0.05, 0) is 48.4 Å². The van der Waals surface area contributed by atoms with Crippen LogP contribution >= 0.6 is 15.9 Å². The summed E-state index contributed by atoms with van der Waals surface area (Å²) in [4.78, 5) is 0. The molecule has 0 saturated carbocycles. The fraction of sp³-hybridized carbons (Fsp3) is 0.700. The summed E-state index contributed by atoms with van der Waals surface area (Å²) in [5, 5.41) is 0.365. The molecule has 1 aromatic carbocycles. The highest BCUT2D eigenvalue weighted by Crippen LogP contribution is 2.39. The van der Waals surface area contributed by atoms with Crippen LogP contribution in [0.2, 0.25) is 36.3 Å². The minimum Gasteiger partial charge on any atom is -0.412 e. The molecule has 0 aromatic heterocycles. The zero-order valence-electron chi connectivity index (χ0n) is 18.3. The molecule has 0 bridgehead atoms. The predicted molar refractivity (Wildman–Crippen MR) is 123 cm³/mol. The van der Waals surface area contributed by atoms with E-state index in [1.165, 1.54) is 0 Å². The van der Waals surface area contributed by atoms with Gasteiger partial charge in [0.25, 0.3) is 0 Å². The Morgan fingerprint density at radius 2 is 1.12 bits per heavy atom. The molecule has 0 saturated heterocycles. The van der Waals surface area contributed by atoms with Gasteiger partial charge in [0.05, 0.1) is 13.2 Å². The van der Waals surface area contributed by atoms with E-state index in [1.807, 2.05) is 0 Å². The second-order valence-electron chi connectivity index (χ2n) is 10.2. The Bertz CT molecular complexity index is 581. The molecule has 0 aliphatic carbocycles. The molecule has 0 heterocycles. The van der Waals surface area contributed by atoms with Crippen molar-refractivity contribution in [3.63, 3.8) is 0 Å². The highest BCUT2D eigenvalue weighted by Gasteiger charge is 2.38. The van der Waals surface area contributed by atoms with E-state index in [0.29, 0.717) is 13.2 Å². The number of hydrogen-bond acceptors (Lipinski definition) is 3. The fourth-order valence-corrected chi connectivity index (χ4v) is 4.38. The van der Waals surface area contributed by atoms with Gasteiger partial charge < -0.3 is 14.6 Å². The fourth-order valence-electron chi connectivity index (χ4n) is 1.92. The maximum atomic E-state index is 6.48. The van der Waals surface area contributed by atoms with Crippen LogP contribution in [0.25, 0.3) is 0 Å². The third-order valence-corrected chi connectivity index (χ3v) is 15.5. The van der Waals surface area contributed by atoms with Gasteiger partial charge in [0.1, 0.15) is 0 Å². The first-order chi connectivity index (χ1) is 11.5. The van der Waals surface area contributed by atoms with Crippen molar-refractivity contribution in [3.05, 3.63) is 27.7 Å². The molecule has 26 heavy (non-hydrogen) atoms. The minimum absolute atomic E-state index is 0.183. The number of hydrogen-bond donors (Lipinski definition) is 1. The second kappa shape index (κ2) is 8.07. The molecule has 1 aromatic rings. The Kier molecular flexibility index (Phi) is 7.42. The van der Waals surface area contributed by atoms with Crippen molar-refractivity contribution < 1.29 is 8.85 Å². The standard InChI is InChI=1S/C20H38BrNO2Si2/c1-19(2,3)25(7,8)23-13-15-11-17(21)12-16(18(15)22)14-24-26(9,10)20(4,5)6/h11-12H,13-14,22H2,1-10H3. The van der Waals surface area contributed by atoms with Crippen molar-refractivity contribution in [2.24, 2.45) is 0 Å². The van der Waals surface area contributed by atoms with E-state index >= 15 is 0 Å². The topological polar surface area (TPSA) is 44.5 Å². The lowest BCUT2D eigenvalue weighted by Crippen LogP contribution is -2.40. The molecule has 0 aliphatic rings. The van der Waals surface area contributed by atoms with E-state index in [2.05, 4.69) is 95.8 Å². The summed E-state index contributed by atoms with van der Waals surface area (Å²) in [5.41, 5.74) is 9.36. The van der Waals surface area contributed by atoms with Crippen LogP contribution in [0.4, 0.5) is 5.69 Å². The number of rotatable bonds is 6. The third kappa shape index (κ3) is 5.93. The Balaban J connectivity index is 2.99. The molecule has 6 heteroatoms. The second-order valence-corrected chi connectivity index (χ2v) is 20.8. The van der Waals surface area contributed by atoms with Crippen LogP contribution in [0.1, 0.15) is 52.7 Å². The molecule has 0 atom stereocenters. The van der Waals surface area contributed by atoms with Crippen LogP contribution in [-0.4, -0.2) is 16.6 Å². The Labute approximate surface area is 171 Å². The lowest BCUT2D eigenvalue weighted by Gasteiger charge is -2.37. The molecule has 0 amide bonds. The SMILES string of the molecule is CC(C)(C)[Si](C)(C)OCc1cc(Br)cc(CO[Si](C)(C)C(C)(C)C)c1N. The zero-order valence-corrected chi connectivity index (χ0v) is 21.9. The van der Waals surface area contributed by atoms with Crippen molar-refractivity contribution in [2.45, 2.75) is 91.0 Å². The van der Waals surface area contributed by atoms with Crippen molar-refractivity contribution in [2.75, 3.05) is 5.73 Å². The van der Waals surface area contributed by atoms with Gasteiger partial charge in [-0.1, -0.05) is 57.5 Å². The summed E-state index contributed by atoms with van der Waals surface area (Å²) in [6.07, 6.45) is 0. The van der Waals surface area contributed by atoms with Gasteiger partial charge in [-0.3, -0.25) is 0 Å². The monoisotopic (exact) mass is 459 g/mol. The van der Waals surface area contributed by atoms with Crippen molar-refractivity contribution in [1.29, 1.82) is 0 Å². The quantitative estimate of drug-likeness (QED) is 0.365. The maximum absolute atomic E-state index is 6.48. The summed E-state index contributed by atoms with van der Waals surface area (Å²) in [5.74, 6) is 0. The van der Waals surface area contributed by atoms with E-state index in [-0.39, 0.29) is 10.1 Å². The number of anilines is 1. The van der Waals surface area contributed by atoms with Crippen LogP contribution < -0.4 is 5.73 Å². The molecule has 1 rings (SSSR count). The van der Waals surface area contributed by atoms with Crippen LogP contribution in [0.15, 0.2) is 16.6 Å². The number of nitrogen functional groups attached to an aromatic ring is 1. The summed E-state index contributed by atoms with van der Waals surface area (Å²) in [6.45, 7) is 23.7. The van der Waals surface area contributed by atoms with Crippen LogP contribution in [0.5, 0.6) is 0 Å². The van der Waals surface area contributed by atoms with Crippen molar-refractivity contribution in [3.8, 4) is 0 Å². The number of nitrogens with two attached hydrogens (primary N) is 1. The summed E-state index contributed by atoms with van der Waals surface area (Å²) < 4.78 is 13.8. The third-order valence-electron chi connectivity index (χ3n) is 6.11. The predicted octanol–water partition coefficient (Wildman–Crippen LogP) is 7.07. The average molecular weight is 461 g/mol. The maximum Gasteiger partial charge on any atom is 0.192 e. The first-order valence-corrected chi connectivity index (χ1v) is 15.9. The number of benzene rings is 1. The Morgan fingerprint density at radius 1 is 0.808 bits per heavy atom. The van der Waals surface area contributed by atoms with E-state index in [1.54, 1.807) is 0 Å². The Hall–Kier alpha value is -0.146. The van der Waals surface area contributed by atoms with Crippen molar-refractivity contribution in [1.82, 2.24) is 0 Å². The molecule has 0 aliphatic heterocycles. The first-order valence-electron chi connectivity index (χ1n) is 9.33. The van der Waals surface area contributed by atoms with Gasteiger partial charge in [-0.25, -0.2) is 0 Å². The largest absolute Gasteiger partial charge is 0.412 e. The highest BCUT2D eigenvalue weighted by molar-refractivity contribution is 9.10. The molecule has 0 fully saturated rings. The lowest BCUT2D eigenvalue weighted by atomic mass is 10.1. The molecular formula is C20H38BrNO2Si2. The molecule has 2 N–H and O–H groups in total. The summed E-state index contributed by atoms with van der Waals surface area (Å²) >= 11 is 3.62. The van der Waals surface area contributed by atoms with E-state index in [9.17, 15) is 0 Å². The normalized spacial score (nSPS) is 14.0. The van der Waals surface area contributed by atoms with Gasteiger partial charge in [0.15, 0.2) is 16.6 Å². The summed E-state index contributed by atoms with van der Waals surface area (Å²) in [7, 11) is -3.63. The van der Waals surface area contributed by atoms with Gasteiger partial charge in [0.2, 0.25) is 0 Å². The Morgan fingerprint density at radius 3 is 1.38 bits per heavy atom.